The molecule has 0 aliphatic rings. The number of rotatable bonds is 1. The molecule has 1 heterocycles. The van der Waals surface area contributed by atoms with Crippen LogP contribution in [0.2, 0.25) is 5.02 Å². The second-order valence-electron chi connectivity index (χ2n) is 3.64. The Kier molecular flexibility index (Phi) is 2.57. The van der Waals surface area contributed by atoms with Crippen LogP contribution in [0.1, 0.15) is 0 Å². The van der Waals surface area contributed by atoms with Gasteiger partial charge in [0.1, 0.15) is 10.8 Å². The van der Waals surface area contributed by atoms with E-state index in [-0.39, 0.29) is 5.82 Å². The van der Waals surface area contributed by atoms with Crippen molar-refractivity contribution in [3.05, 3.63) is 53.3 Å². The standard InChI is InChI=1S/C13H7ClFNS/c14-9-3-1-8(2-4-9)13-16-11-6-5-10(15)7-12(11)17-13/h1-7H. The largest absolute Gasteiger partial charge is 0.236 e. The van der Waals surface area contributed by atoms with Crippen molar-refractivity contribution in [2.75, 3.05) is 0 Å². The maximum absolute atomic E-state index is 13.1. The Bertz CT molecular complexity index is 675. The summed E-state index contributed by atoms with van der Waals surface area (Å²) in [6, 6.07) is 12.1. The van der Waals surface area contributed by atoms with Gasteiger partial charge in [-0.05, 0) is 30.3 Å². The summed E-state index contributed by atoms with van der Waals surface area (Å²) in [5, 5.41) is 1.57. The van der Waals surface area contributed by atoms with Gasteiger partial charge < -0.3 is 0 Å². The number of halogens is 2. The third-order valence-electron chi connectivity index (χ3n) is 2.44. The molecule has 0 bridgehead atoms. The van der Waals surface area contributed by atoms with Crippen LogP contribution in [0.3, 0.4) is 0 Å². The molecule has 17 heavy (non-hydrogen) atoms. The van der Waals surface area contributed by atoms with Gasteiger partial charge in [-0.15, -0.1) is 11.3 Å². The lowest BCUT2D eigenvalue weighted by Gasteiger charge is -1.94. The molecule has 0 atom stereocenters. The van der Waals surface area contributed by atoms with Crippen LogP contribution in [-0.4, -0.2) is 4.98 Å². The molecule has 0 N–H and O–H groups in total. The Balaban J connectivity index is 2.14. The lowest BCUT2D eigenvalue weighted by Crippen LogP contribution is -1.75. The Hall–Kier alpha value is -1.45. The summed E-state index contributed by atoms with van der Waals surface area (Å²) in [6.45, 7) is 0. The molecule has 0 saturated carbocycles. The van der Waals surface area contributed by atoms with E-state index in [9.17, 15) is 4.39 Å². The molecular weight excluding hydrogens is 257 g/mol. The zero-order chi connectivity index (χ0) is 11.8. The molecule has 1 nitrogen and oxygen atoms in total. The fourth-order valence-corrected chi connectivity index (χ4v) is 2.74. The Morgan fingerprint density at radius 1 is 1.06 bits per heavy atom. The summed E-state index contributed by atoms with van der Waals surface area (Å²) in [7, 11) is 0. The predicted molar refractivity (Wildman–Crippen MR) is 70.0 cm³/mol. The van der Waals surface area contributed by atoms with Gasteiger partial charge in [0.2, 0.25) is 0 Å². The van der Waals surface area contributed by atoms with Crippen LogP contribution < -0.4 is 0 Å². The Morgan fingerprint density at radius 2 is 1.82 bits per heavy atom. The number of hydrogen-bond donors (Lipinski definition) is 0. The van der Waals surface area contributed by atoms with Crippen molar-refractivity contribution in [3.8, 4) is 10.6 Å². The maximum atomic E-state index is 13.1. The van der Waals surface area contributed by atoms with Crippen LogP contribution in [0.25, 0.3) is 20.8 Å². The minimum absolute atomic E-state index is 0.233. The van der Waals surface area contributed by atoms with Gasteiger partial charge in [-0.3, -0.25) is 0 Å². The number of hydrogen-bond acceptors (Lipinski definition) is 2. The Labute approximate surface area is 106 Å². The molecule has 2 aromatic carbocycles. The van der Waals surface area contributed by atoms with Gasteiger partial charge in [-0.25, -0.2) is 9.37 Å². The quantitative estimate of drug-likeness (QED) is 0.617. The predicted octanol–water partition coefficient (Wildman–Crippen LogP) is 4.76. The average molecular weight is 264 g/mol. The first-order chi connectivity index (χ1) is 8.22. The molecule has 0 saturated heterocycles. The van der Waals surface area contributed by atoms with Gasteiger partial charge in [-0.1, -0.05) is 23.7 Å². The van der Waals surface area contributed by atoms with E-state index < -0.39 is 0 Å². The number of thiazole rings is 1. The van der Waals surface area contributed by atoms with Crippen LogP contribution in [0.15, 0.2) is 42.5 Å². The third-order valence-corrected chi connectivity index (χ3v) is 3.76. The topological polar surface area (TPSA) is 12.9 Å². The molecule has 0 aliphatic heterocycles. The molecule has 4 heteroatoms. The highest BCUT2D eigenvalue weighted by molar-refractivity contribution is 7.21. The summed E-state index contributed by atoms with van der Waals surface area (Å²) >= 11 is 7.31. The molecule has 84 valence electrons. The first-order valence-electron chi connectivity index (χ1n) is 5.04. The molecule has 3 rings (SSSR count). The fourth-order valence-electron chi connectivity index (χ4n) is 1.61. The van der Waals surface area contributed by atoms with E-state index in [4.69, 9.17) is 11.6 Å². The highest BCUT2D eigenvalue weighted by Gasteiger charge is 2.06. The van der Waals surface area contributed by atoms with Crippen molar-refractivity contribution < 1.29 is 4.39 Å². The molecule has 0 aliphatic carbocycles. The molecule has 0 radical (unpaired) electrons. The van der Waals surface area contributed by atoms with Crippen molar-refractivity contribution >= 4 is 33.2 Å². The minimum Gasteiger partial charge on any atom is -0.236 e. The summed E-state index contributed by atoms with van der Waals surface area (Å²) in [5.41, 5.74) is 1.82. The minimum atomic E-state index is -0.233. The monoisotopic (exact) mass is 263 g/mol. The summed E-state index contributed by atoms with van der Waals surface area (Å²) in [5.74, 6) is -0.233. The second kappa shape index (κ2) is 4.09. The van der Waals surface area contributed by atoms with Crippen LogP contribution in [-0.2, 0) is 0 Å². The van der Waals surface area contributed by atoms with E-state index in [1.54, 1.807) is 6.07 Å². The number of benzene rings is 2. The van der Waals surface area contributed by atoms with Crippen LogP contribution in [0.4, 0.5) is 4.39 Å². The maximum Gasteiger partial charge on any atom is 0.124 e. The second-order valence-corrected chi connectivity index (χ2v) is 5.11. The number of nitrogens with zero attached hydrogens (tertiary/aromatic N) is 1. The average Bonchev–Trinajstić information content (AvgIpc) is 2.72. The van der Waals surface area contributed by atoms with E-state index in [0.29, 0.717) is 5.02 Å². The van der Waals surface area contributed by atoms with E-state index in [0.717, 1.165) is 20.8 Å². The molecule has 0 unspecified atom stereocenters. The van der Waals surface area contributed by atoms with Gasteiger partial charge in [-0.2, -0.15) is 0 Å². The molecule has 3 aromatic rings. The zero-order valence-corrected chi connectivity index (χ0v) is 10.2. The lowest BCUT2D eigenvalue weighted by molar-refractivity contribution is 0.630. The molecular formula is C13H7ClFNS. The van der Waals surface area contributed by atoms with Gasteiger partial charge in [0.05, 0.1) is 10.2 Å². The first kappa shape index (κ1) is 10.7. The molecule has 0 fully saturated rings. The van der Waals surface area contributed by atoms with Crippen LogP contribution >= 0.6 is 22.9 Å². The van der Waals surface area contributed by atoms with E-state index >= 15 is 0 Å². The van der Waals surface area contributed by atoms with Gasteiger partial charge in [0.25, 0.3) is 0 Å². The fraction of sp³-hybridized carbons (Fsp3) is 0. The normalized spacial score (nSPS) is 10.9. The summed E-state index contributed by atoms with van der Waals surface area (Å²) < 4.78 is 13.9. The summed E-state index contributed by atoms with van der Waals surface area (Å²) in [4.78, 5) is 4.46. The van der Waals surface area contributed by atoms with E-state index in [1.807, 2.05) is 24.3 Å². The van der Waals surface area contributed by atoms with Crippen LogP contribution in [0.5, 0.6) is 0 Å². The van der Waals surface area contributed by atoms with Gasteiger partial charge >= 0.3 is 0 Å². The van der Waals surface area contributed by atoms with Crippen molar-refractivity contribution in [2.24, 2.45) is 0 Å². The molecule has 0 amide bonds. The van der Waals surface area contributed by atoms with E-state index in [1.165, 1.54) is 23.5 Å². The first-order valence-corrected chi connectivity index (χ1v) is 6.24. The Morgan fingerprint density at radius 3 is 2.59 bits per heavy atom. The summed E-state index contributed by atoms with van der Waals surface area (Å²) in [6.07, 6.45) is 0. The molecule has 1 aromatic heterocycles. The number of aromatic nitrogens is 1. The van der Waals surface area contributed by atoms with E-state index in [2.05, 4.69) is 4.98 Å². The SMILES string of the molecule is Fc1ccc2nc(-c3ccc(Cl)cc3)sc2c1. The van der Waals surface area contributed by atoms with Crippen LogP contribution in [0, 0.1) is 5.82 Å². The van der Waals surface area contributed by atoms with Gasteiger partial charge in [0.15, 0.2) is 0 Å². The molecule has 0 spiro atoms. The highest BCUT2D eigenvalue weighted by Crippen LogP contribution is 2.30. The number of fused-ring (bicyclic) bond motifs is 1. The zero-order valence-electron chi connectivity index (χ0n) is 8.65. The van der Waals surface area contributed by atoms with Crippen molar-refractivity contribution in [1.29, 1.82) is 0 Å². The van der Waals surface area contributed by atoms with Crippen molar-refractivity contribution in [3.63, 3.8) is 0 Å². The smallest absolute Gasteiger partial charge is 0.124 e. The third kappa shape index (κ3) is 2.04. The highest BCUT2D eigenvalue weighted by atomic mass is 35.5. The van der Waals surface area contributed by atoms with Crippen molar-refractivity contribution in [1.82, 2.24) is 4.98 Å². The van der Waals surface area contributed by atoms with Crippen molar-refractivity contribution in [2.45, 2.75) is 0 Å². The van der Waals surface area contributed by atoms with Gasteiger partial charge in [0, 0.05) is 10.6 Å². The lowest BCUT2D eigenvalue weighted by atomic mass is 10.2.